The normalized spacial score (nSPS) is 10.7. The van der Waals surface area contributed by atoms with Crippen LogP contribution in [0, 0.1) is 10.1 Å². The third-order valence-corrected chi connectivity index (χ3v) is 3.69. The van der Waals surface area contributed by atoms with Gasteiger partial charge in [0.25, 0.3) is 5.69 Å². The van der Waals surface area contributed by atoms with Crippen LogP contribution in [-0.4, -0.2) is 15.7 Å². The minimum absolute atomic E-state index is 0.0218. The second-order valence-corrected chi connectivity index (χ2v) is 5.36. The fourth-order valence-electron chi connectivity index (χ4n) is 2.37. The Hall–Kier alpha value is -3.60. The number of nitro groups is 1. The predicted octanol–water partition coefficient (Wildman–Crippen LogP) is 4.55. The first-order chi connectivity index (χ1) is 12.1. The van der Waals surface area contributed by atoms with Crippen LogP contribution in [0.2, 0.25) is 0 Å². The first kappa shape index (κ1) is 16.3. The molecule has 25 heavy (non-hydrogen) atoms. The molecular formula is C20H14N2O3. The number of hydrogen-bond acceptors (Lipinski definition) is 4. The van der Waals surface area contributed by atoms with Crippen molar-refractivity contribution in [1.29, 1.82) is 0 Å². The van der Waals surface area contributed by atoms with Crippen molar-refractivity contribution >= 4 is 17.5 Å². The van der Waals surface area contributed by atoms with E-state index < -0.39 is 4.92 Å². The van der Waals surface area contributed by atoms with Crippen molar-refractivity contribution in [2.45, 2.75) is 0 Å². The molecule has 5 nitrogen and oxygen atoms in total. The zero-order valence-corrected chi connectivity index (χ0v) is 13.2. The molecule has 0 amide bonds. The van der Waals surface area contributed by atoms with Gasteiger partial charge in [0.1, 0.15) is 0 Å². The Bertz CT molecular complexity index is 933. The number of nitrogens with zero attached hydrogens (tertiary/aromatic N) is 2. The van der Waals surface area contributed by atoms with Gasteiger partial charge in [0.2, 0.25) is 0 Å². The molecule has 0 aliphatic carbocycles. The van der Waals surface area contributed by atoms with E-state index in [0.29, 0.717) is 5.56 Å². The van der Waals surface area contributed by atoms with E-state index in [0.717, 1.165) is 16.7 Å². The molecule has 0 N–H and O–H groups in total. The van der Waals surface area contributed by atoms with Gasteiger partial charge in [-0.05, 0) is 53.1 Å². The van der Waals surface area contributed by atoms with Gasteiger partial charge in [-0.15, -0.1) is 0 Å². The van der Waals surface area contributed by atoms with Crippen LogP contribution in [0.5, 0.6) is 0 Å². The summed E-state index contributed by atoms with van der Waals surface area (Å²) in [5.74, 6) is -0.130. The Morgan fingerprint density at radius 1 is 0.960 bits per heavy atom. The molecule has 0 aliphatic heterocycles. The Morgan fingerprint density at radius 3 is 2.36 bits per heavy atom. The zero-order valence-electron chi connectivity index (χ0n) is 13.2. The molecule has 2 aromatic carbocycles. The summed E-state index contributed by atoms with van der Waals surface area (Å²) in [6, 6.07) is 17.2. The average Bonchev–Trinajstić information content (AvgIpc) is 2.67. The molecule has 0 fully saturated rings. The standard InChI is InChI=1S/C20H14N2O3/c23-20(9-6-15-4-7-19(8-5-15)22(24)25)18-3-1-2-17(14-18)16-10-12-21-13-11-16/h1-14H/b9-6+. The first-order valence-corrected chi connectivity index (χ1v) is 7.61. The van der Waals surface area contributed by atoms with Crippen LogP contribution in [0.25, 0.3) is 17.2 Å². The molecular weight excluding hydrogens is 316 g/mol. The Morgan fingerprint density at radius 2 is 1.68 bits per heavy atom. The number of carbonyl (C=O) groups is 1. The van der Waals surface area contributed by atoms with E-state index >= 15 is 0 Å². The SMILES string of the molecule is O=C(/C=C/c1ccc([N+](=O)[O-])cc1)c1cccc(-c2ccncc2)c1. The second kappa shape index (κ2) is 7.31. The van der Waals surface area contributed by atoms with E-state index in [1.165, 1.54) is 18.2 Å². The summed E-state index contributed by atoms with van der Waals surface area (Å²) in [5.41, 5.74) is 3.26. The van der Waals surface area contributed by atoms with Crippen LogP contribution in [0.1, 0.15) is 15.9 Å². The Kier molecular flexibility index (Phi) is 4.76. The lowest BCUT2D eigenvalue weighted by molar-refractivity contribution is -0.384. The maximum atomic E-state index is 12.4. The number of hydrogen-bond donors (Lipinski definition) is 0. The van der Waals surface area contributed by atoms with Crippen molar-refractivity contribution in [1.82, 2.24) is 4.98 Å². The highest BCUT2D eigenvalue weighted by atomic mass is 16.6. The number of non-ortho nitro benzene ring substituents is 1. The first-order valence-electron chi connectivity index (χ1n) is 7.61. The van der Waals surface area contributed by atoms with Gasteiger partial charge in [0.05, 0.1) is 4.92 Å². The number of pyridine rings is 1. The molecule has 0 bridgehead atoms. The van der Waals surface area contributed by atoms with Crippen LogP contribution in [0.15, 0.2) is 79.1 Å². The highest BCUT2D eigenvalue weighted by Crippen LogP contribution is 2.20. The average molecular weight is 330 g/mol. The van der Waals surface area contributed by atoms with Gasteiger partial charge in [0.15, 0.2) is 5.78 Å². The predicted molar refractivity (Wildman–Crippen MR) is 96.1 cm³/mol. The molecule has 0 atom stereocenters. The van der Waals surface area contributed by atoms with Crippen LogP contribution in [0.3, 0.4) is 0 Å². The largest absolute Gasteiger partial charge is 0.289 e. The molecule has 3 rings (SSSR count). The van der Waals surface area contributed by atoms with Crippen molar-refractivity contribution in [3.63, 3.8) is 0 Å². The summed E-state index contributed by atoms with van der Waals surface area (Å²) in [7, 11) is 0. The highest BCUT2D eigenvalue weighted by Gasteiger charge is 2.05. The molecule has 3 aromatic rings. The molecule has 5 heteroatoms. The molecule has 0 spiro atoms. The minimum Gasteiger partial charge on any atom is -0.289 e. The minimum atomic E-state index is -0.455. The molecule has 0 unspecified atom stereocenters. The van der Waals surface area contributed by atoms with Crippen molar-refractivity contribution < 1.29 is 9.72 Å². The summed E-state index contributed by atoms with van der Waals surface area (Å²) in [6.07, 6.45) is 6.52. The van der Waals surface area contributed by atoms with E-state index in [4.69, 9.17) is 0 Å². The van der Waals surface area contributed by atoms with Crippen molar-refractivity contribution in [3.8, 4) is 11.1 Å². The van der Waals surface area contributed by atoms with Gasteiger partial charge < -0.3 is 0 Å². The van der Waals surface area contributed by atoms with E-state index in [2.05, 4.69) is 4.98 Å². The maximum Gasteiger partial charge on any atom is 0.269 e. The number of carbonyl (C=O) groups excluding carboxylic acids is 1. The van der Waals surface area contributed by atoms with Gasteiger partial charge in [-0.3, -0.25) is 19.9 Å². The third kappa shape index (κ3) is 4.03. The zero-order chi connectivity index (χ0) is 17.6. The molecule has 1 heterocycles. The lowest BCUT2D eigenvalue weighted by atomic mass is 10.0. The molecule has 0 aliphatic rings. The van der Waals surface area contributed by atoms with Gasteiger partial charge in [-0.1, -0.05) is 24.3 Å². The number of ketones is 1. The van der Waals surface area contributed by atoms with Gasteiger partial charge in [-0.25, -0.2) is 0 Å². The number of nitro benzene ring substituents is 1. The van der Waals surface area contributed by atoms with Crippen LogP contribution >= 0.6 is 0 Å². The van der Waals surface area contributed by atoms with Crippen molar-refractivity contribution in [2.24, 2.45) is 0 Å². The van der Waals surface area contributed by atoms with Crippen LogP contribution in [-0.2, 0) is 0 Å². The fraction of sp³-hybridized carbons (Fsp3) is 0. The van der Waals surface area contributed by atoms with Crippen LogP contribution < -0.4 is 0 Å². The Labute approximate surface area is 144 Å². The second-order valence-electron chi connectivity index (χ2n) is 5.36. The smallest absolute Gasteiger partial charge is 0.269 e. The van der Waals surface area contributed by atoms with E-state index in [-0.39, 0.29) is 11.5 Å². The Balaban J connectivity index is 1.78. The molecule has 0 saturated carbocycles. The summed E-state index contributed by atoms with van der Waals surface area (Å²) >= 11 is 0. The highest BCUT2D eigenvalue weighted by molar-refractivity contribution is 6.07. The van der Waals surface area contributed by atoms with E-state index in [1.54, 1.807) is 36.7 Å². The van der Waals surface area contributed by atoms with Crippen LogP contribution in [0.4, 0.5) is 5.69 Å². The topological polar surface area (TPSA) is 73.1 Å². The number of aromatic nitrogens is 1. The molecule has 0 saturated heterocycles. The van der Waals surface area contributed by atoms with Crippen molar-refractivity contribution in [2.75, 3.05) is 0 Å². The van der Waals surface area contributed by atoms with Gasteiger partial charge in [0, 0.05) is 30.1 Å². The number of benzene rings is 2. The summed E-state index contributed by atoms with van der Waals surface area (Å²) in [4.78, 5) is 26.5. The van der Waals surface area contributed by atoms with E-state index in [1.807, 2.05) is 30.3 Å². The fourth-order valence-corrected chi connectivity index (χ4v) is 2.37. The lowest BCUT2D eigenvalue weighted by Gasteiger charge is -2.03. The maximum absolute atomic E-state index is 12.4. The molecule has 0 radical (unpaired) electrons. The van der Waals surface area contributed by atoms with Crippen molar-refractivity contribution in [3.05, 3.63) is 100 Å². The quantitative estimate of drug-likeness (QED) is 0.298. The third-order valence-electron chi connectivity index (χ3n) is 3.69. The monoisotopic (exact) mass is 330 g/mol. The number of rotatable bonds is 5. The summed E-state index contributed by atoms with van der Waals surface area (Å²) < 4.78 is 0. The molecule has 1 aromatic heterocycles. The number of allylic oxidation sites excluding steroid dienone is 1. The van der Waals surface area contributed by atoms with Gasteiger partial charge in [-0.2, -0.15) is 0 Å². The summed E-state index contributed by atoms with van der Waals surface area (Å²) in [6.45, 7) is 0. The van der Waals surface area contributed by atoms with Gasteiger partial charge >= 0.3 is 0 Å². The van der Waals surface area contributed by atoms with E-state index in [9.17, 15) is 14.9 Å². The molecule has 122 valence electrons. The lowest BCUT2D eigenvalue weighted by Crippen LogP contribution is -1.94. The summed E-state index contributed by atoms with van der Waals surface area (Å²) in [5, 5.41) is 10.6.